The Morgan fingerprint density at radius 1 is 1.50 bits per heavy atom. The van der Waals surface area contributed by atoms with Gasteiger partial charge in [-0.05, 0) is 31.9 Å². The Morgan fingerprint density at radius 3 is 3.00 bits per heavy atom. The molecule has 20 heavy (non-hydrogen) atoms. The lowest BCUT2D eigenvalue weighted by molar-refractivity contribution is 0.500. The highest BCUT2D eigenvalue weighted by Gasteiger charge is 2.32. The summed E-state index contributed by atoms with van der Waals surface area (Å²) in [5.41, 5.74) is 0. The van der Waals surface area contributed by atoms with Crippen LogP contribution in [0, 0.1) is 0 Å². The molecule has 0 atom stereocenters. The van der Waals surface area contributed by atoms with Crippen LogP contribution in [0.15, 0.2) is 29.0 Å². The van der Waals surface area contributed by atoms with E-state index in [2.05, 4.69) is 20.2 Å². The number of furan rings is 1. The van der Waals surface area contributed by atoms with E-state index in [0.717, 1.165) is 31.0 Å². The first-order valence-electron chi connectivity index (χ1n) is 6.83. The lowest BCUT2D eigenvalue weighted by Gasteiger charge is -2.23. The number of nitrogens with zero attached hydrogens (tertiary/aromatic N) is 3. The maximum atomic E-state index is 6.28. The third-order valence-electron chi connectivity index (χ3n) is 3.23. The van der Waals surface area contributed by atoms with E-state index in [0.29, 0.717) is 23.6 Å². The Hall–Kier alpha value is -1.75. The molecule has 2 aromatic rings. The van der Waals surface area contributed by atoms with Crippen LogP contribution in [-0.2, 0) is 6.54 Å². The highest BCUT2D eigenvalue weighted by Crippen LogP contribution is 2.35. The number of aromatic nitrogens is 2. The zero-order valence-electron chi connectivity index (χ0n) is 11.3. The van der Waals surface area contributed by atoms with Crippen molar-refractivity contribution < 1.29 is 4.42 Å². The molecular formula is C14H17ClN4O. The average Bonchev–Trinajstić information content (AvgIpc) is 3.16. The molecule has 1 N–H and O–H groups in total. The molecule has 0 unspecified atom stereocenters. The van der Waals surface area contributed by atoms with Crippen LogP contribution in [0.2, 0.25) is 5.02 Å². The van der Waals surface area contributed by atoms with E-state index >= 15 is 0 Å². The molecule has 5 nitrogen and oxygen atoms in total. The van der Waals surface area contributed by atoms with Gasteiger partial charge in [0, 0.05) is 12.6 Å². The number of halogens is 1. The van der Waals surface area contributed by atoms with Crippen LogP contribution in [0.25, 0.3) is 0 Å². The van der Waals surface area contributed by atoms with Crippen molar-refractivity contribution in [3.05, 3.63) is 35.4 Å². The quantitative estimate of drug-likeness (QED) is 0.885. The van der Waals surface area contributed by atoms with Gasteiger partial charge in [-0.15, -0.1) is 0 Å². The topological polar surface area (TPSA) is 54.2 Å². The molecule has 0 spiro atoms. The SMILES string of the molecule is CCNc1ncc(Cl)c(N(Cc2ccco2)C2CC2)n1. The molecule has 106 valence electrons. The van der Waals surface area contributed by atoms with Gasteiger partial charge in [-0.1, -0.05) is 11.6 Å². The Balaban J connectivity index is 1.88. The summed E-state index contributed by atoms with van der Waals surface area (Å²) < 4.78 is 5.44. The van der Waals surface area contributed by atoms with Gasteiger partial charge in [0.2, 0.25) is 5.95 Å². The number of rotatable bonds is 6. The largest absolute Gasteiger partial charge is 0.467 e. The van der Waals surface area contributed by atoms with E-state index in [1.807, 2.05) is 19.1 Å². The summed E-state index contributed by atoms with van der Waals surface area (Å²) in [5, 5.41) is 3.69. The Bertz CT molecular complexity index is 569. The van der Waals surface area contributed by atoms with Gasteiger partial charge in [-0.2, -0.15) is 4.98 Å². The molecule has 0 bridgehead atoms. The van der Waals surface area contributed by atoms with E-state index in [4.69, 9.17) is 16.0 Å². The average molecular weight is 293 g/mol. The highest BCUT2D eigenvalue weighted by molar-refractivity contribution is 6.32. The molecule has 1 saturated carbocycles. The molecule has 1 fully saturated rings. The van der Waals surface area contributed by atoms with Gasteiger partial charge < -0.3 is 14.6 Å². The van der Waals surface area contributed by atoms with Crippen LogP contribution >= 0.6 is 11.6 Å². The summed E-state index contributed by atoms with van der Waals surface area (Å²) in [4.78, 5) is 10.9. The van der Waals surface area contributed by atoms with Crippen molar-refractivity contribution >= 4 is 23.4 Å². The predicted octanol–water partition coefficient (Wildman–Crippen LogP) is 3.32. The van der Waals surface area contributed by atoms with Crippen molar-refractivity contribution in [1.82, 2.24) is 9.97 Å². The molecule has 2 aromatic heterocycles. The lowest BCUT2D eigenvalue weighted by atomic mass is 10.3. The normalized spacial score (nSPS) is 14.3. The zero-order valence-corrected chi connectivity index (χ0v) is 12.1. The van der Waals surface area contributed by atoms with E-state index in [1.54, 1.807) is 12.5 Å². The van der Waals surface area contributed by atoms with Crippen LogP contribution in [-0.4, -0.2) is 22.6 Å². The van der Waals surface area contributed by atoms with Gasteiger partial charge >= 0.3 is 0 Å². The van der Waals surface area contributed by atoms with Crippen molar-refractivity contribution in [2.75, 3.05) is 16.8 Å². The predicted molar refractivity (Wildman–Crippen MR) is 79.1 cm³/mol. The van der Waals surface area contributed by atoms with E-state index in [1.165, 1.54) is 0 Å². The number of hydrogen-bond donors (Lipinski definition) is 1. The molecule has 0 radical (unpaired) electrons. The van der Waals surface area contributed by atoms with Crippen molar-refractivity contribution in [2.24, 2.45) is 0 Å². The molecule has 3 rings (SSSR count). The van der Waals surface area contributed by atoms with Crippen molar-refractivity contribution in [2.45, 2.75) is 32.4 Å². The first-order chi connectivity index (χ1) is 9.78. The summed E-state index contributed by atoms with van der Waals surface area (Å²) in [5.74, 6) is 2.30. The van der Waals surface area contributed by atoms with E-state index in [9.17, 15) is 0 Å². The Morgan fingerprint density at radius 2 is 2.35 bits per heavy atom. The monoisotopic (exact) mass is 292 g/mol. The second-order valence-corrected chi connectivity index (χ2v) is 5.24. The van der Waals surface area contributed by atoms with Crippen LogP contribution < -0.4 is 10.2 Å². The minimum Gasteiger partial charge on any atom is -0.467 e. The molecule has 0 aliphatic heterocycles. The van der Waals surface area contributed by atoms with Crippen molar-refractivity contribution in [3.8, 4) is 0 Å². The molecule has 0 amide bonds. The molecule has 2 heterocycles. The fraction of sp³-hybridized carbons (Fsp3) is 0.429. The molecular weight excluding hydrogens is 276 g/mol. The van der Waals surface area contributed by atoms with Crippen LogP contribution in [0.1, 0.15) is 25.5 Å². The number of nitrogens with one attached hydrogen (secondary N) is 1. The fourth-order valence-corrected chi connectivity index (χ4v) is 2.34. The number of hydrogen-bond acceptors (Lipinski definition) is 5. The summed E-state index contributed by atoms with van der Waals surface area (Å²) in [6, 6.07) is 4.35. The van der Waals surface area contributed by atoms with Gasteiger partial charge in [0.05, 0.1) is 19.0 Å². The zero-order chi connectivity index (χ0) is 13.9. The second kappa shape index (κ2) is 5.71. The fourth-order valence-electron chi connectivity index (χ4n) is 2.14. The number of anilines is 2. The van der Waals surface area contributed by atoms with Gasteiger partial charge in [0.1, 0.15) is 10.8 Å². The van der Waals surface area contributed by atoms with Crippen LogP contribution in [0.5, 0.6) is 0 Å². The van der Waals surface area contributed by atoms with E-state index < -0.39 is 0 Å². The lowest BCUT2D eigenvalue weighted by Crippen LogP contribution is -2.26. The van der Waals surface area contributed by atoms with Gasteiger partial charge in [-0.3, -0.25) is 0 Å². The first-order valence-corrected chi connectivity index (χ1v) is 7.21. The standard InChI is InChI=1S/C14H17ClN4O/c1-2-16-14-17-8-12(15)13(18-14)19(10-5-6-10)9-11-4-3-7-20-11/h3-4,7-8,10H,2,5-6,9H2,1H3,(H,16,17,18). The third-order valence-corrected chi connectivity index (χ3v) is 3.49. The van der Waals surface area contributed by atoms with Gasteiger partial charge in [-0.25, -0.2) is 4.98 Å². The van der Waals surface area contributed by atoms with Crippen LogP contribution in [0.4, 0.5) is 11.8 Å². The molecule has 1 aliphatic carbocycles. The van der Waals surface area contributed by atoms with Gasteiger partial charge in [0.15, 0.2) is 5.82 Å². The summed E-state index contributed by atoms with van der Waals surface area (Å²) in [6.07, 6.45) is 5.67. The minimum atomic E-state index is 0.488. The maximum Gasteiger partial charge on any atom is 0.224 e. The molecule has 6 heteroatoms. The van der Waals surface area contributed by atoms with Crippen molar-refractivity contribution in [1.29, 1.82) is 0 Å². The Kier molecular flexibility index (Phi) is 3.78. The molecule has 0 aromatic carbocycles. The summed E-state index contributed by atoms with van der Waals surface area (Å²) >= 11 is 6.28. The second-order valence-electron chi connectivity index (χ2n) is 4.83. The van der Waals surface area contributed by atoms with Crippen molar-refractivity contribution in [3.63, 3.8) is 0 Å². The minimum absolute atomic E-state index is 0.488. The van der Waals surface area contributed by atoms with Crippen LogP contribution in [0.3, 0.4) is 0 Å². The highest BCUT2D eigenvalue weighted by atomic mass is 35.5. The van der Waals surface area contributed by atoms with E-state index in [-0.39, 0.29) is 0 Å². The Labute approximate surface area is 123 Å². The molecule has 0 saturated heterocycles. The first kappa shape index (κ1) is 13.2. The maximum absolute atomic E-state index is 6.28. The smallest absolute Gasteiger partial charge is 0.224 e. The molecule has 1 aliphatic rings. The summed E-state index contributed by atoms with van der Waals surface area (Å²) in [7, 11) is 0. The summed E-state index contributed by atoms with van der Waals surface area (Å²) in [6.45, 7) is 3.47. The van der Waals surface area contributed by atoms with Gasteiger partial charge in [0.25, 0.3) is 0 Å². The third kappa shape index (κ3) is 2.88.